The van der Waals surface area contributed by atoms with Crippen LogP contribution in [0.4, 0.5) is 5.00 Å². The zero-order valence-corrected chi connectivity index (χ0v) is 18.9. The zero-order chi connectivity index (χ0) is 23.5. The van der Waals surface area contributed by atoms with E-state index in [1.807, 2.05) is 30.3 Å². The highest BCUT2D eigenvalue weighted by Gasteiger charge is 2.27. The van der Waals surface area contributed by atoms with Crippen molar-refractivity contribution in [3.05, 3.63) is 64.6 Å². The van der Waals surface area contributed by atoms with Crippen molar-refractivity contribution in [1.82, 2.24) is 4.90 Å². The maximum absolute atomic E-state index is 12.7. The molecule has 1 aromatic carbocycles. The van der Waals surface area contributed by atoms with Crippen molar-refractivity contribution < 1.29 is 23.9 Å². The summed E-state index contributed by atoms with van der Waals surface area (Å²) in [5, 5.41) is 12.0. The first kappa shape index (κ1) is 24.8. The molecule has 1 heterocycles. The summed E-state index contributed by atoms with van der Waals surface area (Å²) in [7, 11) is 0. The number of ether oxygens (including phenoxy) is 2. The molecule has 0 radical (unpaired) electrons. The van der Waals surface area contributed by atoms with Crippen molar-refractivity contribution in [3.63, 3.8) is 0 Å². The van der Waals surface area contributed by atoms with Gasteiger partial charge in [-0.3, -0.25) is 9.69 Å². The Hall–Kier alpha value is -3.48. The molecule has 168 valence electrons. The number of nitrogens with zero attached hydrogens (tertiary/aromatic N) is 2. The standard InChI is InChI=1S/C23H25N3O5S/c1-4-13-31-23(29)20-16(3)19(22(28)30-5-2)21(32-20)25-18(27)15-26(12-11-24)14-17-9-7-6-8-10-17/h4,6-10H,1,5,12-15H2,2-3H3,(H,25,27). The van der Waals surface area contributed by atoms with Gasteiger partial charge in [0.05, 0.1) is 31.3 Å². The van der Waals surface area contributed by atoms with Gasteiger partial charge in [-0.15, -0.1) is 11.3 Å². The lowest BCUT2D eigenvalue weighted by Gasteiger charge is -2.18. The summed E-state index contributed by atoms with van der Waals surface area (Å²) in [6.45, 7) is 7.33. The summed E-state index contributed by atoms with van der Waals surface area (Å²) in [6, 6.07) is 11.5. The number of hydrogen-bond acceptors (Lipinski definition) is 8. The van der Waals surface area contributed by atoms with E-state index in [1.54, 1.807) is 18.7 Å². The molecule has 1 aromatic heterocycles. The Morgan fingerprint density at radius 3 is 2.56 bits per heavy atom. The second-order valence-electron chi connectivity index (χ2n) is 6.70. The van der Waals surface area contributed by atoms with Gasteiger partial charge in [0.1, 0.15) is 16.5 Å². The van der Waals surface area contributed by atoms with Crippen LogP contribution in [0.3, 0.4) is 0 Å². The summed E-state index contributed by atoms with van der Waals surface area (Å²) in [5.41, 5.74) is 1.45. The highest BCUT2D eigenvalue weighted by molar-refractivity contribution is 7.18. The molecule has 1 amide bonds. The van der Waals surface area contributed by atoms with E-state index in [1.165, 1.54) is 6.08 Å². The van der Waals surface area contributed by atoms with Crippen LogP contribution in [-0.4, -0.2) is 49.0 Å². The SMILES string of the molecule is C=CCOC(=O)c1sc(NC(=O)CN(CC#N)Cc2ccccc2)c(C(=O)OCC)c1C. The second kappa shape index (κ2) is 12.4. The van der Waals surface area contributed by atoms with Crippen LogP contribution in [0.1, 0.15) is 38.1 Å². The molecule has 32 heavy (non-hydrogen) atoms. The van der Waals surface area contributed by atoms with Gasteiger partial charge in [0, 0.05) is 6.54 Å². The summed E-state index contributed by atoms with van der Waals surface area (Å²) in [4.78, 5) is 39.5. The van der Waals surface area contributed by atoms with Gasteiger partial charge in [0.15, 0.2) is 0 Å². The average molecular weight is 456 g/mol. The Bertz CT molecular complexity index is 1010. The minimum absolute atomic E-state index is 0.0230. The van der Waals surface area contributed by atoms with E-state index >= 15 is 0 Å². The second-order valence-corrected chi connectivity index (χ2v) is 7.73. The van der Waals surface area contributed by atoms with Crippen LogP contribution in [-0.2, 0) is 20.8 Å². The van der Waals surface area contributed by atoms with Crippen molar-refractivity contribution in [2.24, 2.45) is 0 Å². The van der Waals surface area contributed by atoms with E-state index in [-0.39, 0.29) is 41.7 Å². The van der Waals surface area contributed by atoms with E-state index in [0.717, 1.165) is 16.9 Å². The molecule has 0 atom stereocenters. The van der Waals surface area contributed by atoms with Gasteiger partial charge in [0.2, 0.25) is 5.91 Å². The van der Waals surface area contributed by atoms with Gasteiger partial charge >= 0.3 is 11.9 Å². The van der Waals surface area contributed by atoms with Crippen LogP contribution in [0.15, 0.2) is 43.0 Å². The van der Waals surface area contributed by atoms with Crippen molar-refractivity contribution in [2.45, 2.75) is 20.4 Å². The smallest absolute Gasteiger partial charge is 0.348 e. The first-order chi connectivity index (χ1) is 15.4. The number of esters is 2. The van der Waals surface area contributed by atoms with Crippen LogP contribution in [0.25, 0.3) is 0 Å². The fraction of sp³-hybridized carbons (Fsp3) is 0.304. The van der Waals surface area contributed by atoms with Crippen LogP contribution in [0.5, 0.6) is 0 Å². The van der Waals surface area contributed by atoms with Crippen molar-refractivity contribution in [2.75, 3.05) is 31.6 Å². The molecule has 0 unspecified atom stereocenters. The van der Waals surface area contributed by atoms with Crippen molar-refractivity contribution in [1.29, 1.82) is 5.26 Å². The number of anilines is 1. The third kappa shape index (κ3) is 6.77. The van der Waals surface area contributed by atoms with Crippen molar-refractivity contribution in [3.8, 4) is 6.07 Å². The number of carbonyl (C=O) groups excluding carboxylic acids is 3. The minimum Gasteiger partial charge on any atom is -0.462 e. The number of benzene rings is 1. The van der Waals surface area contributed by atoms with Crippen LogP contribution >= 0.6 is 11.3 Å². The molecule has 0 saturated carbocycles. The molecule has 0 aliphatic heterocycles. The first-order valence-electron chi connectivity index (χ1n) is 9.92. The lowest BCUT2D eigenvalue weighted by Crippen LogP contribution is -2.33. The van der Waals surface area contributed by atoms with E-state index in [4.69, 9.17) is 14.7 Å². The molecule has 0 aliphatic carbocycles. The van der Waals surface area contributed by atoms with E-state index in [2.05, 4.69) is 18.0 Å². The Morgan fingerprint density at radius 2 is 1.94 bits per heavy atom. The van der Waals surface area contributed by atoms with E-state index < -0.39 is 17.8 Å². The monoisotopic (exact) mass is 455 g/mol. The van der Waals surface area contributed by atoms with Gasteiger partial charge in [0.25, 0.3) is 0 Å². The van der Waals surface area contributed by atoms with Gasteiger partial charge in [-0.25, -0.2) is 9.59 Å². The molecule has 0 spiro atoms. The third-order valence-corrected chi connectivity index (χ3v) is 5.49. The molecular weight excluding hydrogens is 430 g/mol. The summed E-state index contributed by atoms with van der Waals surface area (Å²) in [6.07, 6.45) is 1.44. The lowest BCUT2D eigenvalue weighted by molar-refractivity contribution is -0.117. The fourth-order valence-electron chi connectivity index (χ4n) is 2.92. The highest BCUT2D eigenvalue weighted by atomic mass is 32.1. The van der Waals surface area contributed by atoms with E-state index in [9.17, 15) is 14.4 Å². The third-order valence-electron chi connectivity index (χ3n) is 4.31. The summed E-state index contributed by atoms with van der Waals surface area (Å²) in [5.74, 6) is -1.68. The number of carbonyl (C=O) groups is 3. The predicted molar refractivity (Wildman–Crippen MR) is 121 cm³/mol. The van der Waals surface area contributed by atoms with Crippen LogP contribution in [0.2, 0.25) is 0 Å². The quantitative estimate of drug-likeness (QED) is 0.314. The first-order valence-corrected chi connectivity index (χ1v) is 10.7. The molecule has 8 nitrogen and oxygen atoms in total. The van der Waals surface area contributed by atoms with Crippen LogP contribution in [0, 0.1) is 18.3 Å². The molecule has 0 aliphatic rings. The van der Waals surface area contributed by atoms with Crippen molar-refractivity contribution >= 4 is 34.2 Å². The average Bonchev–Trinajstić information content (AvgIpc) is 3.08. The minimum atomic E-state index is -0.641. The molecule has 2 rings (SSSR count). The van der Waals surface area contributed by atoms with Gasteiger partial charge < -0.3 is 14.8 Å². The molecule has 1 N–H and O–H groups in total. The topological polar surface area (TPSA) is 109 Å². The summed E-state index contributed by atoms with van der Waals surface area (Å²) >= 11 is 0.946. The largest absolute Gasteiger partial charge is 0.462 e. The molecule has 0 fully saturated rings. The lowest BCUT2D eigenvalue weighted by atomic mass is 10.1. The van der Waals surface area contributed by atoms with Gasteiger partial charge in [-0.05, 0) is 25.0 Å². The van der Waals surface area contributed by atoms with Crippen LogP contribution < -0.4 is 5.32 Å². The van der Waals surface area contributed by atoms with Gasteiger partial charge in [-0.1, -0.05) is 43.0 Å². The van der Waals surface area contributed by atoms with Gasteiger partial charge in [-0.2, -0.15) is 5.26 Å². The number of nitrogens with one attached hydrogen (secondary N) is 1. The normalized spacial score (nSPS) is 10.3. The number of nitriles is 1. The molecule has 2 aromatic rings. The fourth-order valence-corrected chi connectivity index (χ4v) is 4.03. The zero-order valence-electron chi connectivity index (χ0n) is 18.1. The molecule has 0 saturated heterocycles. The molecule has 0 bridgehead atoms. The number of hydrogen-bond donors (Lipinski definition) is 1. The predicted octanol–water partition coefficient (Wildman–Crippen LogP) is 3.54. The Kier molecular flexibility index (Phi) is 9.60. The Morgan fingerprint density at radius 1 is 1.22 bits per heavy atom. The molecular formula is C23H25N3O5S. The highest BCUT2D eigenvalue weighted by Crippen LogP contribution is 2.34. The van der Waals surface area contributed by atoms with E-state index in [0.29, 0.717) is 12.1 Å². The molecule has 9 heteroatoms. The number of amides is 1. The number of rotatable bonds is 11. The Balaban J connectivity index is 2.23. The number of thiophene rings is 1. The maximum atomic E-state index is 12.7. The summed E-state index contributed by atoms with van der Waals surface area (Å²) < 4.78 is 10.2. The Labute approximate surface area is 191 Å². The maximum Gasteiger partial charge on any atom is 0.348 e.